The Morgan fingerprint density at radius 1 is 1.50 bits per heavy atom. The maximum Gasteiger partial charge on any atom is 0.252 e. The molecule has 0 fully saturated rings. The first kappa shape index (κ1) is 10.6. The molecule has 1 aromatic rings. The molecule has 1 rings (SSSR count). The highest BCUT2D eigenvalue weighted by Crippen LogP contribution is 1.93. The van der Waals surface area contributed by atoms with Crippen molar-refractivity contribution in [2.75, 3.05) is 25.1 Å². The molecule has 0 saturated carbocycles. The smallest absolute Gasteiger partial charge is 0.252 e. The summed E-state index contributed by atoms with van der Waals surface area (Å²) in [4.78, 5) is 18.7. The quantitative estimate of drug-likeness (QED) is 0.617. The van der Waals surface area contributed by atoms with Crippen molar-refractivity contribution in [2.24, 2.45) is 0 Å². The fourth-order valence-corrected chi connectivity index (χ4v) is 0.754. The van der Waals surface area contributed by atoms with Gasteiger partial charge >= 0.3 is 0 Å². The summed E-state index contributed by atoms with van der Waals surface area (Å²) in [6.07, 6.45) is 3.05. The number of hydrogen-bond donors (Lipinski definition) is 2. The number of carbonyl (C=O) groups is 1. The van der Waals surface area contributed by atoms with E-state index in [2.05, 4.69) is 15.3 Å². The molecule has 0 radical (unpaired) electrons. The Morgan fingerprint density at radius 3 is 2.86 bits per heavy atom. The zero-order valence-electron chi connectivity index (χ0n) is 7.51. The standard InChI is InChI=1S/C8H11N3O3/c12-4-5-14-6-7(13)11-8-9-2-1-3-10-8/h1-3,12H,4-6H2,(H,9,10,11,13). The molecule has 0 aliphatic heterocycles. The van der Waals surface area contributed by atoms with Gasteiger partial charge in [-0.05, 0) is 6.07 Å². The van der Waals surface area contributed by atoms with Crippen LogP contribution in [0.15, 0.2) is 18.5 Å². The van der Waals surface area contributed by atoms with Crippen molar-refractivity contribution in [3.8, 4) is 0 Å². The van der Waals surface area contributed by atoms with Gasteiger partial charge in [-0.1, -0.05) is 0 Å². The van der Waals surface area contributed by atoms with Gasteiger partial charge in [0.15, 0.2) is 0 Å². The molecule has 0 saturated heterocycles. The van der Waals surface area contributed by atoms with E-state index in [0.717, 1.165) is 0 Å². The van der Waals surface area contributed by atoms with E-state index in [1.54, 1.807) is 6.07 Å². The van der Waals surface area contributed by atoms with Gasteiger partial charge in [0.05, 0.1) is 13.2 Å². The van der Waals surface area contributed by atoms with Crippen molar-refractivity contribution >= 4 is 11.9 Å². The van der Waals surface area contributed by atoms with Gasteiger partial charge in [0.2, 0.25) is 5.95 Å². The zero-order valence-corrected chi connectivity index (χ0v) is 7.51. The number of amides is 1. The van der Waals surface area contributed by atoms with Gasteiger partial charge in [-0.15, -0.1) is 0 Å². The summed E-state index contributed by atoms with van der Waals surface area (Å²) in [5, 5.41) is 10.8. The predicted octanol–water partition coefficient (Wildman–Crippen LogP) is -0.576. The molecule has 0 aliphatic rings. The van der Waals surface area contributed by atoms with Crippen LogP contribution in [0.3, 0.4) is 0 Å². The second kappa shape index (κ2) is 6.01. The summed E-state index contributed by atoms with van der Waals surface area (Å²) in [6.45, 7) is -0.0724. The average Bonchev–Trinajstić information content (AvgIpc) is 2.20. The van der Waals surface area contributed by atoms with Crippen LogP contribution in [0.1, 0.15) is 0 Å². The molecule has 1 aromatic heterocycles. The van der Waals surface area contributed by atoms with E-state index >= 15 is 0 Å². The van der Waals surface area contributed by atoms with Crippen LogP contribution >= 0.6 is 0 Å². The summed E-state index contributed by atoms with van der Waals surface area (Å²) < 4.78 is 4.80. The summed E-state index contributed by atoms with van der Waals surface area (Å²) in [7, 11) is 0. The van der Waals surface area contributed by atoms with Crippen LogP contribution in [0.5, 0.6) is 0 Å². The molecule has 14 heavy (non-hydrogen) atoms. The molecule has 6 nitrogen and oxygen atoms in total. The van der Waals surface area contributed by atoms with Gasteiger partial charge in [0.1, 0.15) is 6.61 Å². The summed E-state index contributed by atoms with van der Waals surface area (Å²) >= 11 is 0. The third-order valence-corrected chi connectivity index (χ3v) is 1.29. The molecular formula is C8H11N3O3. The molecule has 0 spiro atoms. The fraction of sp³-hybridized carbons (Fsp3) is 0.375. The van der Waals surface area contributed by atoms with Crippen LogP contribution in [0.2, 0.25) is 0 Å². The van der Waals surface area contributed by atoms with Crippen molar-refractivity contribution < 1.29 is 14.6 Å². The van der Waals surface area contributed by atoms with Crippen molar-refractivity contribution in [3.63, 3.8) is 0 Å². The highest BCUT2D eigenvalue weighted by molar-refractivity contribution is 5.89. The zero-order chi connectivity index (χ0) is 10.2. The molecule has 0 unspecified atom stereocenters. The van der Waals surface area contributed by atoms with E-state index in [9.17, 15) is 4.79 Å². The number of rotatable bonds is 5. The van der Waals surface area contributed by atoms with E-state index in [0.29, 0.717) is 0 Å². The van der Waals surface area contributed by atoms with Crippen LogP contribution < -0.4 is 5.32 Å². The highest BCUT2D eigenvalue weighted by Gasteiger charge is 2.02. The van der Waals surface area contributed by atoms with Crippen LogP contribution in [0, 0.1) is 0 Å². The first-order valence-corrected chi connectivity index (χ1v) is 4.08. The maximum absolute atomic E-state index is 11.1. The molecule has 0 aliphatic carbocycles. The van der Waals surface area contributed by atoms with Gasteiger partial charge in [0, 0.05) is 12.4 Å². The second-order valence-corrected chi connectivity index (χ2v) is 2.40. The van der Waals surface area contributed by atoms with E-state index < -0.39 is 0 Å². The average molecular weight is 197 g/mol. The van der Waals surface area contributed by atoms with Crippen LogP contribution in [0.4, 0.5) is 5.95 Å². The number of carbonyl (C=O) groups excluding carboxylic acids is 1. The topological polar surface area (TPSA) is 84.3 Å². The lowest BCUT2D eigenvalue weighted by Gasteiger charge is -2.02. The third kappa shape index (κ3) is 3.92. The molecule has 6 heteroatoms. The van der Waals surface area contributed by atoms with Crippen molar-refractivity contribution in [2.45, 2.75) is 0 Å². The minimum Gasteiger partial charge on any atom is -0.394 e. The minimum absolute atomic E-state index is 0.102. The monoisotopic (exact) mass is 197 g/mol. The molecule has 0 aromatic carbocycles. The number of hydrogen-bond acceptors (Lipinski definition) is 5. The molecular weight excluding hydrogens is 186 g/mol. The number of nitrogens with zero attached hydrogens (tertiary/aromatic N) is 2. The summed E-state index contributed by atoms with van der Waals surface area (Å²) in [5.41, 5.74) is 0. The molecule has 76 valence electrons. The van der Waals surface area contributed by atoms with Crippen molar-refractivity contribution in [1.29, 1.82) is 0 Å². The lowest BCUT2D eigenvalue weighted by atomic mass is 10.6. The van der Waals surface area contributed by atoms with Crippen LogP contribution in [-0.4, -0.2) is 40.8 Å². The Bertz CT molecular complexity index is 278. The molecule has 0 bridgehead atoms. The Balaban J connectivity index is 2.27. The van der Waals surface area contributed by atoms with Crippen LogP contribution in [-0.2, 0) is 9.53 Å². The SMILES string of the molecule is O=C(COCCO)Nc1ncccn1. The van der Waals surface area contributed by atoms with Gasteiger partial charge in [-0.3, -0.25) is 10.1 Å². The lowest BCUT2D eigenvalue weighted by Crippen LogP contribution is -2.20. The second-order valence-electron chi connectivity index (χ2n) is 2.40. The predicted molar refractivity (Wildman–Crippen MR) is 48.6 cm³/mol. The summed E-state index contributed by atoms with van der Waals surface area (Å²) in [6, 6.07) is 1.65. The fourth-order valence-electron chi connectivity index (χ4n) is 0.754. The number of anilines is 1. The van der Waals surface area contributed by atoms with Crippen molar-refractivity contribution in [3.05, 3.63) is 18.5 Å². The minimum atomic E-state index is -0.343. The Hall–Kier alpha value is -1.53. The van der Waals surface area contributed by atoms with E-state index in [1.807, 2.05) is 0 Å². The lowest BCUT2D eigenvalue weighted by molar-refractivity contribution is -0.120. The van der Waals surface area contributed by atoms with E-state index in [4.69, 9.17) is 9.84 Å². The maximum atomic E-state index is 11.1. The summed E-state index contributed by atoms with van der Waals surface area (Å²) in [5.74, 6) is -0.102. The first-order valence-electron chi connectivity index (χ1n) is 4.08. The van der Waals surface area contributed by atoms with Gasteiger partial charge in [-0.2, -0.15) is 0 Å². The molecule has 2 N–H and O–H groups in total. The number of aromatic nitrogens is 2. The number of aliphatic hydroxyl groups excluding tert-OH is 1. The van der Waals surface area contributed by atoms with Crippen LogP contribution in [0.25, 0.3) is 0 Å². The number of aliphatic hydroxyl groups is 1. The first-order chi connectivity index (χ1) is 6.83. The number of nitrogens with one attached hydrogen (secondary N) is 1. The normalized spacial score (nSPS) is 9.79. The Labute approximate surface area is 80.9 Å². The van der Waals surface area contributed by atoms with Gasteiger partial charge < -0.3 is 9.84 Å². The van der Waals surface area contributed by atoms with E-state index in [1.165, 1.54) is 12.4 Å². The van der Waals surface area contributed by atoms with Gasteiger partial charge in [-0.25, -0.2) is 9.97 Å². The Kier molecular flexibility index (Phi) is 4.53. The van der Waals surface area contributed by atoms with Crippen molar-refractivity contribution in [1.82, 2.24) is 9.97 Å². The van der Waals surface area contributed by atoms with E-state index in [-0.39, 0.29) is 31.7 Å². The van der Waals surface area contributed by atoms with Gasteiger partial charge in [0.25, 0.3) is 5.91 Å². The Morgan fingerprint density at radius 2 is 2.21 bits per heavy atom. The highest BCUT2D eigenvalue weighted by atomic mass is 16.5. The molecule has 1 heterocycles. The largest absolute Gasteiger partial charge is 0.394 e. The molecule has 1 amide bonds. The molecule has 0 atom stereocenters. The third-order valence-electron chi connectivity index (χ3n) is 1.29. The number of ether oxygens (including phenoxy) is 1.